The lowest BCUT2D eigenvalue weighted by molar-refractivity contribution is 0.0477. The molecule has 122 valence electrons. The number of hydrogen-bond acceptors (Lipinski definition) is 4. The number of benzene rings is 1. The van der Waals surface area contributed by atoms with Gasteiger partial charge in [-0.25, -0.2) is 0 Å². The van der Waals surface area contributed by atoms with E-state index >= 15 is 0 Å². The van der Waals surface area contributed by atoms with E-state index in [1.807, 2.05) is 30.3 Å². The molecule has 0 radical (unpaired) electrons. The molecule has 2 heterocycles. The molecule has 0 aromatic heterocycles. The standard InChI is InChI=1S/C18H29N3O/c1-19-11-13-21(14-12-19)17-7-9-20(10-8-17)15-18(22)16-5-3-2-4-6-16/h2-6,17-18,22H,7-15H2,1H3. The smallest absolute Gasteiger partial charge is 0.0916 e. The molecule has 1 atom stereocenters. The van der Waals surface area contributed by atoms with E-state index < -0.39 is 0 Å². The number of piperidine rings is 1. The van der Waals surface area contributed by atoms with Gasteiger partial charge in [-0.15, -0.1) is 0 Å². The first-order valence-electron chi connectivity index (χ1n) is 8.60. The van der Waals surface area contributed by atoms with Crippen LogP contribution in [0.5, 0.6) is 0 Å². The molecule has 0 bridgehead atoms. The second-order valence-corrected chi connectivity index (χ2v) is 6.80. The normalized spacial score (nSPS) is 24.5. The quantitative estimate of drug-likeness (QED) is 0.911. The summed E-state index contributed by atoms with van der Waals surface area (Å²) in [4.78, 5) is 7.51. The van der Waals surface area contributed by atoms with Gasteiger partial charge in [-0.2, -0.15) is 0 Å². The summed E-state index contributed by atoms with van der Waals surface area (Å²) < 4.78 is 0. The molecule has 1 aromatic rings. The Hall–Kier alpha value is -0.940. The molecule has 2 fully saturated rings. The first-order valence-corrected chi connectivity index (χ1v) is 8.60. The predicted molar refractivity (Wildman–Crippen MR) is 89.9 cm³/mol. The molecule has 2 aliphatic rings. The van der Waals surface area contributed by atoms with Crippen LogP contribution < -0.4 is 0 Å². The largest absolute Gasteiger partial charge is 0.387 e. The first kappa shape index (κ1) is 15.9. The van der Waals surface area contributed by atoms with Crippen LogP contribution in [-0.2, 0) is 0 Å². The lowest BCUT2D eigenvalue weighted by Gasteiger charge is -2.42. The highest BCUT2D eigenvalue weighted by atomic mass is 16.3. The molecular formula is C18H29N3O. The van der Waals surface area contributed by atoms with Crippen LogP contribution in [0.15, 0.2) is 30.3 Å². The molecule has 0 spiro atoms. The van der Waals surface area contributed by atoms with Gasteiger partial charge in [0, 0.05) is 38.8 Å². The lowest BCUT2D eigenvalue weighted by atomic mass is 10.0. The Morgan fingerprint density at radius 1 is 1.00 bits per heavy atom. The fourth-order valence-corrected chi connectivity index (χ4v) is 3.68. The fourth-order valence-electron chi connectivity index (χ4n) is 3.68. The van der Waals surface area contributed by atoms with E-state index in [4.69, 9.17) is 0 Å². The van der Waals surface area contributed by atoms with E-state index in [2.05, 4.69) is 21.7 Å². The van der Waals surface area contributed by atoms with Gasteiger partial charge in [0.1, 0.15) is 0 Å². The summed E-state index contributed by atoms with van der Waals surface area (Å²) in [7, 11) is 2.21. The van der Waals surface area contributed by atoms with Crippen molar-refractivity contribution in [1.29, 1.82) is 0 Å². The van der Waals surface area contributed by atoms with E-state index in [0.29, 0.717) is 0 Å². The van der Waals surface area contributed by atoms with E-state index in [1.54, 1.807) is 0 Å². The topological polar surface area (TPSA) is 30.0 Å². The van der Waals surface area contributed by atoms with Crippen molar-refractivity contribution >= 4 is 0 Å². The number of aliphatic hydroxyl groups is 1. The van der Waals surface area contributed by atoms with Gasteiger partial charge in [0.05, 0.1) is 6.10 Å². The minimum Gasteiger partial charge on any atom is -0.387 e. The minimum absolute atomic E-state index is 0.360. The summed E-state index contributed by atoms with van der Waals surface area (Å²) in [6, 6.07) is 10.8. The Bertz CT molecular complexity index is 437. The molecule has 4 nitrogen and oxygen atoms in total. The van der Waals surface area contributed by atoms with Crippen LogP contribution in [0.2, 0.25) is 0 Å². The predicted octanol–water partition coefficient (Wildman–Crippen LogP) is 1.43. The number of rotatable bonds is 4. The average molecular weight is 303 g/mol. The average Bonchev–Trinajstić information content (AvgIpc) is 2.57. The van der Waals surface area contributed by atoms with Crippen LogP contribution >= 0.6 is 0 Å². The van der Waals surface area contributed by atoms with E-state index in [1.165, 1.54) is 39.0 Å². The van der Waals surface area contributed by atoms with Crippen LogP contribution in [0, 0.1) is 0 Å². The zero-order chi connectivity index (χ0) is 15.4. The van der Waals surface area contributed by atoms with Crippen LogP contribution in [0.1, 0.15) is 24.5 Å². The van der Waals surface area contributed by atoms with E-state index in [0.717, 1.165) is 31.2 Å². The molecule has 0 aliphatic carbocycles. The van der Waals surface area contributed by atoms with Gasteiger partial charge in [0.25, 0.3) is 0 Å². The maximum absolute atomic E-state index is 10.4. The van der Waals surface area contributed by atoms with Crippen molar-refractivity contribution in [2.45, 2.75) is 25.0 Å². The Balaban J connectivity index is 1.44. The second-order valence-electron chi connectivity index (χ2n) is 6.80. The summed E-state index contributed by atoms with van der Waals surface area (Å²) >= 11 is 0. The molecule has 0 amide bonds. The third kappa shape index (κ3) is 4.07. The van der Waals surface area contributed by atoms with Crippen LogP contribution in [0.25, 0.3) is 0 Å². The van der Waals surface area contributed by atoms with Crippen molar-refractivity contribution in [1.82, 2.24) is 14.7 Å². The number of likely N-dealkylation sites (N-methyl/N-ethyl adjacent to an activating group) is 1. The van der Waals surface area contributed by atoms with Crippen molar-refractivity contribution in [3.05, 3.63) is 35.9 Å². The van der Waals surface area contributed by atoms with Crippen molar-refractivity contribution < 1.29 is 5.11 Å². The van der Waals surface area contributed by atoms with Gasteiger partial charge in [-0.3, -0.25) is 4.90 Å². The number of piperazine rings is 1. The molecule has 1 aromatic carbocycles. The second kappa shape index (κ2) is 7.55. The number of β-amino-alcohol motifs (C(OH)–C–C–N with tert-alkyl or cyclic N) is 1. The zero-order valence-electron chi connectivity index (χ0n) is 13.7. The van der Waals surface area contributed by atoms with Crippen LogP contribution in [-0.4, -0.2) is 78.7 Å². The third-order valence-electron chi connectivity index (χ3n) is 5.23. The molecule has 3 rings (SSSR count). The lowest BCUT2D eigenvalue weighted by Crippen LogP contribution is -2.52. The summed E-state index contributed by atoms with van der Waals surface area (Å²) in [6.07, 6.45) is 2.12. The highest BCUT2D eigenvalue weighted by Crippen LogP contribution is 2.21. The van der Waals surface area contributed by atoms with Crippen molar-refractivity contribution in [3.63, 3.8) is 0 Å². The van der Waals surface area contributed by atoms with Gasteiger partial charge in [-0.05, 0) is 38.5 Å². The van der Waals surface area contributed by atoms with Gasteiger partial charge in [0.2, 0.25) is 0 Å². The third-order valence-corrected chi connectivity index (χ3v) is 5.23. The Kier molecular flexibility index (Phi) is 5.47. The van der Waals surface area contributed by atoms with Gasteiger partial charge >= 0.3 is 0 Å². The molecule has 2 saturated heterocycles. The summed E-state index contributed by atoms with van der Waals surface area (Å²) in [5.74, 6) is 0. The summed E-state index contributed by atoms with van der Waals surface area (Å²) in [5.41, 5.74) is 1.03. The van der Waals surface area contributed by atoms with Gasteiger partial charge in [0.15, 0.2) is 0 Å². The number of likely N-dealkylation sites (tertiary alicyclic amines) is 1. The fraction of sp³-hybridized carbons (Fsp3) is 0.667. The molecular weight excluding hydrogens is 274 g/mol. The Morgan fingerprint density at radius 2 is 1.64 bits per heavy atom. The molecule has 4 heteroatoms. The van der Waals surface area contributed by atoms with E-state index in [9.17, 15) is 5.11 Å². The summed E-state index contributed by atoms with van der Waals surface area (Å²) in [5, 5.41) is 10.4. The maximum Gasteiger partial charge on any atom is 0.0916 e. The first-order chi connectivity index (χ1) is 10.7. The monoisotopic (exact) mass is 303 g/mol. The maximum atomic E-state index is 10.4. The number of nitrogens with zero attached hydrogens (tertiary/aromatic N) is 3. The van der Waals surface area contributed by atoms with Crippen LogP contribution in [0.3, 0.4) is 0 Å². The van der Waals surface area contributed by atoms with Crippen molar-refractivity contribution in [2.75, 3.05) is 52.9 Å². The minimum atomic E-state index is -0.360. The molecule has 0 saturated carbocycles. The SMILES string of the molecule is CN1CCN(C2CCN(CC(O)c3ccccc3)CC2)CC1. The molecule has 22 heavy (non-hydrogen) atoms. The Labute approximate surface area is 134 Å². The highest BCUT2D eigenvalue weighted by molar-refractivity contribution is 5.17. The van der Waals surface area contributed by atoms with Gasteiger partial charge in [-0.1, -0.05) is 30.3 Å². The summed E-state index contributed by atoms with van der Waals surface area (Å²) in [6.45, 7) is 7.82. The number of aliphatic hydroxyl groups excluding tert-OH is 1. The molecule has 1 unspecified atom stereocenters. The van der Waals surface area contributed by atoms with Crippen molar-refractivity contribution in [2.24, 2.45) is 0 Å². The van der Waals surface area contributed by atoms with E-state index in [-0.39, 0.29) is 6.10 Å². The number of hydrogen-bond donors (Lipinski definition) is 1. The van der Waals surface area contributed by atoms with Gasteiger partial charge < -0.3 is 14.9 Å². The highest BCUT2D eigenvalue weighted by Gasteiger charge is 2.27. The Morgan fingerprint density at radius 3 is 2.27 bits per heavy atom. The molecule has 2 aliphatic heterocycles. The molecule has 1 N–H and O–H groups in total. The van der Waals surface area contributed by atoms with Crippen LogP contribution in [0.4, 0.5) is 0 Å². The van der Waals surface area contributed by atoms with Crippen molar-refractivity contribution in [3.8, 4) is 0 Å². The zero-order valence-corrected chi connectivity index (χ0v) is 13.7.